The molecule has 1 saturated carbocycles. The maximum Gasteiger partial charge on any atom is 0.415 e. The molecule has 1 aliphatic carbocycles. The van der Waals surface area contributed by atoms with Crippen LogP contribution in [-0.4, -0.2) is 68.7 Å². The Morgan fingerprint density at radius 3 is 2.43 bits per heavy atom. The maximum absolute atomic E-state index is 13.7. The number of hydrogen-bond donors (Lipinski definition) is 3. The molecule has 0 bridgehead atoms. The topological polar surface area (TPSA) is 145 Å². The van der Waals surface area contributed by atoms with Gasteiger partial charge in [-0.3, -0.25) is 14.8 Å². The van der Waals surface area contributed by atoms with Crippen LogP contribution in [-0.2, 0) is 17.7 Å². The van der Waals surface area contributed by atoms with Crippen molar-refractivity contribution in [1.82, 2.24) is 4.90 Å². The molecule has 1 spiro atoms. The Hall–Kier alpha value is -4.48. The van der Waals surface area contributed by atoms with E-state index in [-0.39, 0.29) is 17.9 Å². The lowest BCUT2D eigenvalue weighted by atomic mass is 9.90. The highest BCUT2D eigenvalue weighted by Gasteiger charge is 2.47. The number of carbonyl (C=O) groups is 1. The van der Waals surface area contributed by atoms with Crippen molar-refractivity contribution >= 4 is 24.1 Å². The fourth-order valence-electron chi connectivity index (χ4n) is 6.37. The molecule has 10 nitrogen and oxygen atoms in total. The van der Waals surface area contributed by atoms with Crippen molar-refractivity contribution in [2.24, 2.45) is 27.2 Å². The number of halogens is 1. The number of anilines is 1. The number of piperidine rings is 1. The zero-order valence-electron chi connectivity index (χ0n) is 27.3. The summed E-state index contributed by atoms with van der Waals surface area (Å²) >= 11 is 0. The first-order valence-corrected chi connectivity index (χ1v) is 16.4. The number of nitrogens with two attached hydrogens (primary N) is 3. The van der Waals surface area contributed by atoms with Gasteiger partial charge in [0.2, 0.25) is 5.96 Å². The van der Waals surface area contributed by atoms with Crippen molar-refractivity contribution in [1.29, 1.82) is 0 Å². The van der Waals surface area contributed by atoms with Gasteiger partial charge in [0.1, 0.15) is 17.2 Å². The second kappa shape index (κ2) is 15.4. The van der Waals surface area contributed by atoms with Gasteiger partial charge in [-0.2, -0.15) is 0 Å². The molecule has 0 unspecified atom stereocenters. The second-order valence-corrected chi connectivity index (χ2v) is 12.1. The molecule has 3 fully saturated rings. The first-order valence-electron chi connectivity index (χ1n) is 16.4. The molecule has 2 aliphatic heterocycles. The van der Waals surface area contributed by atoms with E-state index in [1.165, 1.54) is 43.1 Å². The smallest absolute Gasteiger partial charge is 0.415 e. The molecule has 3 aliphatic rings. The van der Waals surface area contributed by atoms with E-state index in [1.807, 2.05) is 43.3 Å². The van der Waals surface area contributed by atoms with E-state index >= 15 is 0 Å². The van der Waals surface area contributed by atoms with Crippen LogP contribution >= 0.6 is 0 Å². The summed E-state index contributed by atoms with van der Waals surface area (Å²) in [7, 11) is 1.50. The van der Waals surface area contributed by atoms with E-state index in [2.05, 4.69) is 32.8 Å². The normalized spacial score (nSPS) is 17.9. The van der Waals surface area contributed by atoms with Gasteiger partial charge < -0.3 is 26.7 Å². The van der Waals surface area contributed by atoms with Crippen molar-refractivity contribution in [3.05, 3.63) is 83.2 Å². The predicted molar refractivity (Wildman–Crippen MR) is 185 cm³/mol. The molecule has 11 heteroatoms. The van der Waals surface area contributed by atoms with Gasteiger partial charge in [-0.1, -0.05) is 24.3 Å². The van der Waals surface area contributed by atoms with Crippen LogP contribution in [0, 0.1) is 5.82 Å². The van der Waals surface area contributed by atoms with Crippen molar-refractivity contribution < 1.29 is 18.7 Å². The monoisotopic (exact) mass is 643 g/mol. The van der Waals surface area contributed by atoms with Crippen molar-refractivity contribution in [2.75, 3.05) is 44.7 Å². The average molecular weight is 644 g/mol. The molecule has 3 aromatic carbocycles. The third-order valence-electron chi connectivity index (χ3n) is 8.97. The second-order valence-electron chi connectivity index (χ2n) is 12.1. The molecule has 47 heavy (non-hydrogen) atoms. The minimum atomic E-state index is -0.490. The number of benzene rings is 3. The van der Waals surface area contributed by atoms with Gasteiger partial charge in [0.25, 0.3) is 0 Å². The van der Waals surface area contributed by atoms with Crippen LogP contribution in [0.5, 0.6) is 5.75 Å². The molecule has 6 rings (SSSR count). The fourth-order valence-corrected chi connectivity index (χ4v) is 6.37. The quantitative estimate of drug-likeness (QED) is 0.204. The molecular weight excluding hydrogens is 597 g/mol. The van der Waals surface area contributed by atoms with Gasteiger partial charge in [0.15, 0.2) is 0 Å². The third kappa shape index (κ3) is 8.28. The summed E-state index contributed by atoms with van der Waals surface area (Å²) in [5, 5.41) is 0. The van der Waals surface area contributed by atoms with Crippen LogP contribution in [0.3, 0.4) is 0 Å². The molecule has 2 heterocycles. The third-order valence-corrected chi connectivity index (χ3v) is 8.97. The number of aliphatic imine (C=N–C) groups is 2. The molecule has 0 radical (unpaired) electrons. The number of guanidine groups is 1. The molecule has 0 atom stereocenters. The molecule has 3 aromatic rings. The molecule has 6 N–H and O–H groups in total. The summed E-state index contributed by atoms with van der Waals surface area (Å²) in [5.74, 6) is 1.33. The lowest BCUT2D eigenvalue weighted by Gasteiger charge is -2.37. The predicted octanol–water partition coefficient (Wildman–Crippen LogP) is 5.18. The zero-order valence-corrected chi connectivity index (χ0v) is 27.3. The Morgan fingerprint density at radius 1 is 1.09 bits per heavy atom. The standard InChI is InChI=1S/C35H41FN6O3.CH5N/c1-2-44-32-20-31(26-7-9-28(36)10-8-26)30(25-5-6-25)19-27(32)21-41-17-14-35(15-18-41)22-42(34(43)45-35)29-11-3-24(4-12-29)13-16-39-33(38)40-23-37;1-2/h3-4,7-12,19-20,23,25H,2,5-6,13-18,21-22H2,1H3,(H4,37,38,39,40);2H2,1H3. The number of ether oxygens (including phenoxy) is 2. The summed E-state index contributed by atoms with van der Waals surface area (Å²) < 4.78 is 25.8. The van der Waals surface area contributed by atoms with Crippen LogP contribution in [0.1, 0.15) is 55.2 Å². The number of likely N-dealkylation sites (tertiary alicyclic amines) is 1. The van der Waals surface area contributed by atoms with Crippen LogP contribution in [0.25, 0.3) is 11.1 Å². The maximum atomic E-state index is 13.7. The minimum Gasteiger partial charge on any atom is -0.494 e. The SMILES string of the molecule is CCOc1cc(-c2ccc(F)cc2)c(C2CC2)cc1CN1CCC2(CC1)CN(c1ccc(CCN=C(N)/N=C\N)cc1)C(=O)O2.CN. The first-order chi connectivity index (χ1) is 22.9. The lowest BCUT2D eigenvalue weighted by Crippen LogP contribution is -2.46. The average Bonchev–Trinajstić information content (AvgIpc) is 3.88. The van der Waals surface area contributed by atoms with Gasteiger partial charge in [0.05, 0.1) is 19.5 Å². The van der Waals surface area contributed by atoms with Gasteiger partial charge in [-0.05, 0) is 97.8 Å². The minimum absolute atomic E-state index is 0.155. The summed E-state index contributed by atoms with van der Waals surface area (Å²) in [6.07, 6.45) is 5.42. The largest absolute Gasteiger partial charge is 0.494 e. The number of rotatable bonds is 10. The van der Waals surface area contributed by atoms with Crippen LogP contribution in [0.15, 0.2) is 70.6 Å². The molecule has 1 amide bonds. The number of carbonyl (C=O) groups excluding carboxylic acids is 1. The molecule has 0 aromatic heterocycles. The van der Waals surface area contributed by atoms with E-state index in [4.69, 9.17) is 20.9 Å². The van der Waals surface area contributed by atoms with Crippen molar-refractivity contribution in [3.63, 3.8) is 0 Å². The summed E-state index contributed by atoms with van der Waals surface area (Å²) in [6.45, 7) is 6.02. The highest BCUT2D eigenvalue weighted by atomic mass is 19.1. The number of hydrogen-bond acceptors (Lipinski definition) is 6. The Morgan fingerprint density at radius 2 is 1.79 bits per heavy atom. The van der Waals surface area contributed by atoms with Gasteiger partial charge in [-0.15, -0.1) is 0 Å². The Bertz CT molecular complexity index is 1560. The number of amides is 1. The van der Waals surface area contributed by atoms with E-state index in [9.17, 15) is 9.18 Å². The van der Waals surface area contributed by atoms with Crippen molar-refractivity contribution in [3.8, 4) is 16.9 Å². The highest BCUT2D eigenvalue weighted by Crippen LogP contribution is 2.47. The van der Waals surface area contributed by atoms with E-state index in [1.54, 1.807) is 4.90 Å². The van der Waals surface area contributed by atoms with Crippen LogP contribution in [0.4, 0.5) is 14.9 Å². The van der Waals surface area contributed by atoms with E-state index < -0.39 is 5.60 Å². The lowest BCUT2D eigenvalue weighted by molar-refractivity contribution is -0.00111. The van der Waals surface area contributed by atoms with Crippen LogP contribution in [0.2, 0.25) is 0 Å². The van der Waals surface area contributed by atoms with Gasteiger partial charge in [0, 0.05) is 50.3 Å². The summed E-state index contributed by atoms with van der Waals surface area (Å²) in [5.41, 5.74) is 21.4. The first kappa shape index (κ1) is 33.9. The molecule has 250 valence electrons. The van der Waals surface area contributed by atoms with Crippen LogP contribution < -0.4 is 26.8 Å². The van der Waals surface area contributed by atoms with Gasteiger partial charge in [-0.25, -0.2) is 14.2 Å². The van der Waals surface area contributed by atoms with Crippen molar-refractivity contribution in [2.45, 2.75) is 57.1 Å². The van der Waals surface area contributed by atoms with E-state index in [0.29, 0.717) is 32.0 Å². The Kier molecular flexibility index (Phi) is 11.1. The Balaban J connectivity index is 0.00000213. The zero-order chi connectivity index (χ0) is 33.4. The summed E-state index contributed by atoms with van der Waals surface area (Å²) in [6, 6.07) is 19.1. The number of nitrogens with zero attached hydrogens (tertiary/aromatic N) is 4. The fraction of sp³-hybridized carbons (Fsp3) is 0.417. The molecular formula is C36H46FN7O3. The van der Waals surface area contributed by atoms with E-state index in [0.717, 1.165) is 66.9 Å². The molecule has 2 saturated heterocycles. The summed E-state index contributed by atoms with van der Waals surface area (Å²) in [4.78, 5) is 25.1. The highest BCUT2D eigenvalue weighted by molar-refractivity contribution is 5.90. The van der Waals surface area contributed by atoms with Gasteiger partial charge >= 0.3 is 6.09 Å². The Labute approximate surface area is 276 Å².